The number of fused-ring (bicyclic) bond motifs is 1. The Morgan fingerprint density at radius 1 is 1.32 bits per heavy atom. The molecule has 1 aromatic heterocycles. The van der Waals surface area contributed by atoms with Gasteiger partial charge < -0.3 is 15.3 Å². The van der Waals surface area contributed by atoms with Gasteiger partial charge in [-0.15, -0.1) is 0 Å². The molecule has 2 N–H and O–H groups in total. The lowest BCUT2D eigenvalue weighted by Crippen LogP contribution is -2.38. The number of benzene rings is 1. The molecule has 0 amide bonds. The zero-order valence-electron chi connectivity index (χ0n) is 22.8. The molecule has 38 heavy (non-hydrogen) atoms. The second-order valence-corrected chi connectivity index (χ2v) is 11.0. The number of anilines is 1. The predicted molar refractivity (Wildman–Crippen MR) is 147 cm³/mol. The van der Waals surface area contributed by atoms with Crippen molar-refractivity contribution in [2.24, 2.45) is 0 Å². The van der Waals surface area contributed by atoms with Gasteiger partial charge in [-0.3, -0.25) is 9.69 Å². The van der Waals surface area contributed by atoms with Crippen molar-refractivity contribution in [3.63, 3.8) is 0 Å². The molecule has 204 valence electrons. The first-order valence-corrected chi connectivity index (χ1v) is 13.9. The largest absolute Gasteiger partial charge is 0.480 e. The van der Waals surface area contributed by atoms with Crippen LogP contribution in [0.15, 0.2) is 24.3 Å². The van der Waals surface area contributed by atoms with E-state index in [2.05, 4.69) is 29.4 Å². The second-order valence-electron chi connectivity index (χ2n) is 11.0. The average molecular weight is 522 g/mol. The Balaban J connectivity index is 1.30. The van der Waals surface area contributed by atoms with Gasteiger partial charge in [0.15, 0.2) is 0 Å². The normalized spacial score (nSPS) is 18.3. The zero-order valence-corrected chi connectivity index (χ0v) is 22.8. The number of hydrogen-bond donors (Lipinski definition) is 2. The summed E-state index contributed by atoms with van der Waals surface area (Å²) in [5.41, 5.74) is 3.27. The van der Waals surface area contributed by atoms with E-state index in [9.17, 15) is 19.6 Å². The fourth-order valence-corrected chi connectivity index (χ4v) is 5.70. The first-order valence-electron chi connectivity index (χ1n) is 13.9. The molecule has 1 unspecified atom stereocenters. The molecule has 0 bridgehead atoms. The maximum absolute atomic E-state index is 14.7. The fourth-order valence-electron chi connectivity index (χ4n) is 5.70. The van der Waals surface area contributed by atoms with Crippen LogP contribution in [0.2, 0.25) is 0 Å². The highest BCUT2D eigenvalue weighted by Gasteiger charge is 2.37. The highest BCUT2D eigenvalue weighted by molar-refractivity contribution is 5.77. The third kappa shape index (κ3) is 6.51. The summed E-state index contributed by atoms with van der Waals surface area (Å²) < 4.78 is 14.7. The van der Waals surface area contributed by atoms with Crippen LogP contribution in [0.4, 0.5) is 10.2 Å². The molecular weight excluding hydrogens is 481 g/mol. The molecule has 2 atom stereocenters. The van der Waals surface area contributed by atoms with Gasteiger partial charge in [0.2, 0.25) is 0 Å². The number of likely N-dealkylation sites (N-methyl/N-ethyl adjacent to an activating group) is 1. The lowest BCUT2D eigenvalue weighted by atomic mass is 9.92. The molecule has 4 rings (SSSR count). The Kier molecular flexibility index (Phi) is 9.35. The van der Waals surface area contributed by atoms with Gasteiger partial charge in [0, 0.05) is 36.9 Å². The average Bonchev–Trinajstić information content (AvgIpc) is 3.37. The summed E-state index contributed by atoms with van der Waals surface area (Å²) in [6, 6.07) is 8.53. The molecule has 1 saturated heterocycles. The van der Waals surface area contributed by atoms with Gasteiger partial charge in [0.1, 0.15) is 23.7 Å². The summed E-state index contributed by atoms with van der Waals surface area (Å²) in [5, 5.41) is 23.1. The predicted octanol–water partition coefficient (Wildman–Crippen LogP) is 5.12. The number of halogens is 1. The number of carbonyl (C=O) groups is 1. The Morgan fingerprint density at radius 3 is 2.87 bits per heavy atom. The Bertz CT molecular complexity index is 1180. The third-order valence-corrected chi connectivity index (χ3v) is 8.03. The van der Waals surface area contributed by atoms with Crippen LogP contribution in [0, 0.1) is 17.1 Å². The first-order chi connectivity index (χ1) is 18.3. The lowest BCUT2D eigenvalue weighted by molar-refractivity contribution is -0.143. The van der Waals surface area contributed by atoms with E-state index in [1.54, 1.807) is 6.07 Å². The van der Waals surface area contributed by atoms with Gasteiger partial charge in [0.05, 0.1) is 5.56 Å². The number of hydrogen-bond acceptors (Lipinski definition) is 6. The molecule has 2 aliphatic rings. The molecule has 2 aromatic rings. The van der Waals surface area contributed by atoms with Gasteiger partial charge >= 0.3 is 5.97 Å². The minimum absolute atomic E-state index is 0.0302. The van der Waals surface area contributed by atoms with E-state index in [4.69, 9.17) is 4.98 Å². The highest BCUT2D eigenvalue weighted by atomic mass is 19.1. The molecule has 0 aliphatic carbocycles. The van der Waals surface area contributed by atoms with Gasteiger partial charge in [0.25, 0.3) is 0 Å². The molecule has 0 saturated carbocycles. The molecule has 0 radical (unpaired) electrons. The summed E-state index contributed by atoms with van der Waals surface area (Å²) in [6.45, 7) is 6.99. The molecule has 0 spiro atoms. The summed E-state index contributed by atoms with van der Waals surface area (Å²) in [6.07, 6.45) is 7.36. The van der Waals surface area contributed by atoms with Crippen LogP contribution in [-0.4, -0.2) is 65.1 Å². The number of nitrogens with zero attached hydrogens (tertiary/aromatic N) is 4. The molecule has 2 aliphatic heterocycles. The lowest BCUT2D eigenvalue weighted by Gasteiger charge is -2.28. The quantitative estimate of drug-likeness (QED) is 0.397. The molecule has 8 heteroatoms. The summed E-state index contributed by atoms with van der Waals surface area (Å²) in [5.74, 6) is -0.604. The number of pyridine rings is 1. The van der Waals surface area contributed by atoms with Crippen molar-refractivity contribution >= 4 is 11.8 Å². The van der Waals surface area contributed by atoms with E-state index in [0.717, 1.165) is 63.1 Å². The van der Waals surface area contributed by atoms with Gasteiger partial charge in [-0.25, -0.2) is 9.37 Å². The van der Waals surface area contributed by atoms with Crippen molar-refractivity contribution in [3.8, 4) is 6.07 Å². The van der Waals surface area contributed by atoms with Crippen LogP contribution in [0.25, 0.3) is 0 Å². The number of aryl methyl sites for hydroxylation is 2. The number of rotatable bonds is 11. The monoisotopic (exact) mass is 521 g/mol. The number of likely N-dealkylation sites (tertiary alicyclic amines) is 1. The third-order valence-electron chi connectivity index (χ3n) is 8.03. The van der Waals surface area contributed by atoms with Crippen LogP contribution in [0.3, 0.4) is 0 Å². The number of nitriles is 1. The topological polar surface area (TPSA) is 92.5 Å². The van der Waals surface area contributed by atoms with Crippen LogP contribution in [0.5, 0.6) is 0 Å². The summed E-state index contributed by atoms with van der Waals surface area (Å²) in [7, 11) is 2.10. The minimum atomic E-state index is -1.05. The SMILES string of the molecule is CC(C)c1cc(F)c(C#N)c(C(C(=O)O)N2CC[C@@H](N(C)CCCCCc3ccc4c(n3)NCCC4)C2)c1. The smallest absolute Gasteiger partial charge is 0.325 e. The summed E-state index contributed by atoms with van der Waals surface area (Å²) >= 11 is 0. The summed E-state index contributed by atoms with van der Waals surface area (Å²) in [4.78, 5) is 21.4. The van der Waals surface area contributed by atoms with E-state index >= 15 is 0 Å². The minimum Gasteiger partial charge on any atom is -0.480 e. The number of carboxylic acids is 1. The number of aromatic nitrogens is 1. The maximum atomic E-state index is 14.7. The first kappa shape index (κ1) is 28.0. The second kappa shape index (κ2) is 12.7. The molecular formula is C30H40FN5O2. The number of nitrogens with one attached hydrogen (secondary N) is 1. The number of carboxylic acid groups (broad SMARTS) is 1. The Morgan fingerprint density at radius 2 is 2.13 bits per heavy atom. The van der Waals surface area contributed by atoms with Crippen LogP contribution in [0.1, 0.15) is 85.9 Å². The van der Waals surface area contributed by atoms with Gasteiger partial charge in [-0.2, -0.15) is 5.26 Å². The van der Waals surface area contributed by atoms with Crippen molar-refractivity contribution in [2.45, 2.75) is 76.8 Å². The standard InChI is InChI=1S/C30H40FN5O2/c1-20(2)22-16-25(26(18-32)27(31)17-22)28(30(37)38)36-15-12-24(19-36)35(3)14-6-4-5-9-23-11-10-21-8-7-13-33-29(21)34-23/h10-11,16-17,20,24,28H,4-9,12-15,19H2,1-3H3,(H,33,34)(H,37,38)/t24-,28?/m1/s1. The van der Waals surface area contributed by atoms with E-state index in [1.165, 1.54) is 18.1 Å². The fraction of sp³-hybridized carbons (Fsp3) is 0.567. The van der Waals surface area contributed by atoms with Crippen molar-refractivity contribution < 1.29 is 14.3 Å². The molecule has 1 aromatic carbocycles. The van der Waals surface area contributed by atoms with Crippen molar-refractivity contribution in [3.05, 3.63) is 58.0 Å². The number of unbranched alkanes of at least 4 members (excludes halogenated alkanes) is 2. The van der Waals surface area contributed by atoms with E-state index < -0.39 is 17.8 Å². The molecule has 1 fully saturated rings. The van der Waals surface area contributed by atoms with Gasteiger partial charge in [-0.1, -0.05) is 32.4 Å². The van der Waals surface area contributed by atoms with E-state index in [0.29, 0.717) is 18.7 Å². The van der Waals surface area contributed by atoms with Crippen LogP contribution in [-0.2, 0) is 17.6 Å². The van der Waals surface area contributed by atoms with Crippen molar-refractivity contribution in [1.29, 1.82) is 5.26 Å². The Hall–Kier alpha value is -3.02. The number of aliphatic carboxylic acids is 1. The Labute approximate surface area is 225 Å². The van der Waals surface area contributed by atoms with Crippen LogP contribution < -0.4 is 5.32 Å². The van der Waals surface area contributed by atoms with Gasteiger partial charge in [-0.05, 0) is 81.3 Å². The zero-order chi connectivity index (χ0) is 27.2. The van der Waals surface area contributed by atoms with Crippen molar-refractivity contribution in [1.82, 2.24) is 14.8 Å². The molecule has 3 heterocycles. The van der Waals surface area contributed by atoms with E-state index in [1.807, 2.05) is 24.8 Å². The maximum Gasteiger partial charge on any atom is 0.325 e. The molecule has 7 nitrogen and oxygen atoms in total. The van der Waals surface area contributed by atoms with Crippen LogP contribution >= 0.6 is 0 Å². The van der Waals surface area contributed by atoms with Crippen molar-refractivity contribution in [2.75, 3.05) is 38.5 Å². The van der Waals surface area contributed by atoms with E-state index in [-0.39, 0.29) is 23.1 Å². The highest BCUT2D eigenvalue weighted by Crippen LogP contribution is 2.33.